The largest absolute Gasteiger partial charge is 0.495 e. The molecule has 242 valence electrons. The summed E-state index contributed by atoms with van der Waals surface area (Å²) in [6, 6.07) is 18.9. The number of benzene rings is 3. The fourth-order valence-corrected chi connectivity index (χ4v) is 5.34. The fraction of sp³-hybridized carbons (Fsp3) is 0.324. The van der Waals surface area contributed by atoms with E-state index in [1.807, 2.05) is 25.1 Å². The Balaban J connectivity index is 1.33. The van der Waals surface area contributed by atoms with Gasteiger partial charge in [-0.25, -0.2) is 4.79 Å². The summed E-state index contributed by atoms with van der Waals surface area (Å²) < 4.78 is 10.3. The standard InChI is InChI=1S/C34H38N4O8/c1-4-46-32(41)16-15-31(40)38-19-25(26(20-38)33(42)43)23-10-12-24(13-11-23)35-30(39)18-22-9-14-28(29(17-22)45-3)37-34(44)36-27-8-6-5-7-21(27)2/h5-14,17,25-26H,4,15-16,18-20H2,1-3H3,(H,35,39)(H,42,43)(H2,36,37,44). The molecular weight excluding hydrogens is 592 g/mol. The van der Waals surface area contributed by atoms with E-state index in [4.69, 9.17) is 9.47 Å². The Kier molecular flexibility index (Phi) is 11.3. The van der Waals surface area contributed by atoms with Crippen LogP contribution in [0.4, 0.5) is 21.9 Å². The maximum Gasteiger partial charge on any atom is 0.323 e. The summed E-state index contributed by atoms with van der Waals surface area (Å²) in [6.07, 6.45) is -0.0584. The molecule has 0 aromatic heterocycles. The normalized spacial score (nSPS) is 15.5. The Morgan fingerprint density at radius 2 is 1.61 bits per heavy atom. The Morgan fingerprint density at radius 3 is 2.28 bits per heavy atom. The van der Waals surface area contributed by atoms with Crippen molar-refractivity contribution in [1.29, 1.82) is 0 Å². The third-order valence-electron chi connectivity index (χ3n) is 7.73. The second kappa shape index (κ2) is 15.6. The van der Waals surface area contributed by atoms with Gasteiger partial charge in [-0.3, -0.25) is 19.2 Å². The van der Waals surface area contributed by atoms with Crippen LogP contribution in [0.1, 0.15) is 42.4 Å². The first-order valence-electron chi connectivity index (χ1n) is 14.9. The van der Waals surface area contributed by atoms with E-state index in [2.05, 4.69) is 16.0 Å². The number of rotatable bonds is 12. The molecule has 3 aromatic carbocycles. The zero-order valence-corrected chi connectivity index (χ0v) is 26.0. The highest BCUT2D eigenvalue weighted by Crippen LogP contribution is 2.34. The lowest BCUT2D eigenvalue weighted by atomic mass is 9.89. The summed E-state index contributed by atoms with van der Waals surface area (Å²) in [4.78, 5) is 63.1. The maximum absolute atomic E-state index is 12.8. The number of carboxylic acid groups (broad SMARTS) is 1. The molecule has 0 saturated carbocycles. The lowest BCUT2D eigenvalue weighted by Crippen LogP contribution is -2.30. The minimum Gasteiger partial charge on any atom is -0.495 e. The number of anilines is 3. The Labute approximate surface area is 267 Å². The summed E-state index contributed by atoms with van der Waals surface area (Å²) >= 11 is 0. The first-order valence-corrected chi connectivity index (χ1v) is 14.9. The van der Waals surface area contributed by atoms with Gasteiger partial charge in [0.1, 0.15) is 5.75 Å². The number of carbonyl (C=O) groups is 5. The number of methoxy groups -OCH3 is 1. The van der Waals surface area contributed by atoms with Gasteiger partial charge in [-0.1, -0.05) is 36.4 Å². The number of hydrogen-bond acceptors (Lipinski definition) is 7. The number of nitrogens with one attached hydrogen (secondary N) is 3. The van der Waals surface area contributed by atoms with Crippen molar-refractivity contribution in [2.45, 2.75) is 39.0 Å². The zero-order valence-electron chi connectivity index (χ0n) is 26.0. The second-order valence-corrected chi connectivity index (χ2v) is 10.9. The van der Waals surface area contributed by atoms with Crippen LogP contribution >= 0.6 is 0 Å². The number of aliphatic carboxylic acids is 1. The van der Waals surface area contributed by atoms with E-state index in [0.717, 1.165) is 11.1 Å². The number of para-hydroxylation sites is 1. The van der Waals surface area contributed by atoms with Gasteiger partial charge in [0.25, 0.3) is 0 Å². The summed E-state index contributed by atoms with van der Waals surface area (Å²) in [5, 5.41) is 18.2. The van der Waals surface area contributed by atoms with Crippen molar-refractivity contribution < 1.29 is 38.6 Å². The molecule has 12 nitrogen and oxygen atoms in total. The van der Waals surface area contributed by atoms with Gasteiger partial charge in [0.15, 0.2) is 0 Å². The first kappa shape index (κ1) is 33.5. The molecule has 4 N–H and O–H groups in total. The molecule has 1 aliphatic heterocycles. The van der Waals surface area contributed by atoms with Gasteiger partial charge < -0.3 is 35.4 Å². The Morgan fingerprint density at radius 1 is 0.891 bits per heavy atom. The summed E-state index contributed by atoms with van der Waals surface area (Å²) in [5.41, 5.74) is 3.97. The molecule has 2 atom stereocenters. The predicted molar refractivity (Wildman–Crippen MR) is 172 cm³/mol. The average molecular weight is 631 g/mol. The number of nitrogens with zero attached hydrogens (tertiary/aromatic N) is 1. The number of esters is 1. The molecular formula is C34H38N4O8. The van der Waals surface area contributed by atoms with E-state index in [0.29, 0.717) is 28.4 Å². The molecule has 1 fully saturated rings. The smallest absolute Gasteiger partial charge is 0.323 e. The van der Waals surface area contributed by atoms with Crippen molar-refractivity contribution in [2.75, 3.05) is 42.8 Å². The number of urea groups is 1. The van der Waals surface area contributed by atoms with Crippen LogP contribution in [0.25, 0.3) is 0 Å². The van der Waals surface area contributed by atoms with Crippen LogP contribution in [0.5, 0.6) is 5.75 Å². The fourth-order valence-electron chi connectivity index (χ4n) is 5.34. The summed E-state index contributed by atoms with van der Waals surface area (Å²) in [7, 11) is 1.48. The molecule has 1 heterocycles. The Bertz CT molecular complexity index is 1590. The number of hydrogen-bond donors (Lipinski definition) is 4. The van der Waals surface area contributed by atoms with Crippen LogP contribution < -0.4 is 20.7 Å². The number of likely N-dealkylation sites (tertiary alicyclic amines) is 1. The number of carbonyl (C=O) groups excluding carboxylic acids is 4. The van der Waals surface area contributed by atoms with Crippen molar-refractivity contribution in [3.8, 4) is 5.75 Å². The molecule has 4 amide bonds. The molecule has 3 aromatic rings. The minimum absolute atomic E-state index is 0.0420. The van der Waals surface area contributed by atoms with Gasteiger partial charge in [-0.2, -0.15) is 0 Å². The van der Waals surface area contributed by atoms with Crippen molar-refractivity contribution in [2.24, 2.45) is 5.92 Å². The highest BCUT2D eigenvalue weighted by molar-refractivity contribution is 6.01. The zero-order chi connectivity index (χ0) is 33.2. The van der Waals surface area contributed by atoms with Crippen molar-refractivity contribution in [1.82, 2.24) is 4.90 Å². The van der Waals surface area contributed by atoms with Gasteiger partial charge in [-0.05, 0) is 60.9 Å². The van der Waals surface area contributed by atoms with Gasteiger partial charge >= 0.3 is 18.0 Å². The number of aryl methyl sites for hydroxylation is 1. The van der Waals surface area contributed by atoms with Gasteiger partial charge in [-0.15, -0.1) is 0 Å². The quantitative estimate of drug-likeness (QED) is 0.207. The lowest BCUT2D eigenvalue weighted by Gasteiger charge is -2.17. The molecule has 0 aliphatic carbocycles. The van der Waals surface area contributed by atoms with Crippen LogP contribution in [0, 0.1) is 12.8 Å². The number of ether oxygens (including phenoxy) is 2. The maximum atomic E-state index is 12.8. The number of amides is 4. The summed E-state index contributed by atoms with van der Waals surface area (Å²) in [5.74, 6) is -2.89. The monoisotopic (exact) mass is 630 g/mol. The SMILES string of the molecule is CCOC(=O)CCC(=O)N1CC(C(=O)O)C(c2ccc(NC(=O)Cc3ccc(NC(=O)Nc4ccccc4C)c(OC)c3)cc2)C1. The van der Waals surface area contributed by atoms with Gasteiger partial charge in [0, 0.05) is 36.8 Å². The van der Waals surface area contributed by atoms with Crippen LogP contribution in [0.15, 0.2) is 66.7 Å². The predicted octanol–water partition coefficient (Wildman–Crippen LogP) is 4.80. The number of carboxylic acids is 1. The van der Waals surface area contributed by atoms with Crippen LogP contribution in [-0.2, 0) is 30.3 Å². The van der Waals surface area contributed by atoms with E-state index in [-0.39, 0.29) is 50.8 Å². The molecule has 1 aliphatic rings. The van der Waals surface area contributed by atoms with E-state index in [1.165, 1.54) is 12.0 Å². The highest BCUT2D eigenvalue weighted by atomic mass is 16.5. The van der Waals surface area contributed by atoms with E-state index >= 15 is 0 Å². The van der Waals surface area contributed by atoms with Gasteiger partial charge in [0.05, 0.1) is 38.2 Å². The third kappa shape index (κ3) is 8.84. The molecule has 1 saturated heterocycles. The lowest BCUT2D eigenvalue weighted by molar-refractivity contribution is -0.146. The van der Waals surface area contributed by atoms with Crippen LogP contribution in [-0.4, -0.2) is 66.6 Å². The highest BCUT2D eigenvalue weighted by Gasteiger charge is 2.40. The third-order valence-corrected chi connectivity index (χ3v) is 7.73. The molecule has 0 bridgehead atoms. The summed E-state index contributed by atoms with van der Waals surface area (Å²) in [6.45, 7) is 4.07. The first-order chi connectivity index (χ1) is 22.1. The van der Waals surface area contributed by atoms with Crippen molar-refractivity contribution in [3.63, 3.8) is 0 Å². The molecule has 0 spiro atoms. The van der Waals surface area contributed by atoms with Gasteiger partial charge in [0.2, 0.25) is 11.8 Å². The Hall–Kier alpha value is -5.39. The van der Waals surface area contributed by atoms with Crippen molar-refractivity contribution in [3.05, 3.63) is 83.4 Å². The molecule has 46 heavy (non-hydrogen) atoms. The van der Waals surface area contributed by atoms with E-state index in [1.54, 1.807) is 55.5 Å². The molecule has 0 radical (unpaired) electrons. The van der Waals surface area contributed by atoms with Crippen LogP contribution in [0.3, 0.4) is 0 Å². The average Bonchev–Trinajstić information content (AvgIpc) is 3.48. The molecule has 2 unspecified atom stereocenters. The van der Waals surface area contributed by atoms with Crippen LogP contribution in [0.2, 0.25) is 0 Å². The van der Waals surface area contributed by atoms with E-state index < -0.39 is 29.8 Å². The van der Waals surface area contributed by atoms with E-state index in [9.17, 15) is 29.1 Å². The van der Waals surface area contributed by atoms with Crippen molar-refractivity contribution >= 4 is 46.8 Å². The second-order valence-electron chi connectivity index (χ2n) is 10.9. The molecule has 4 rings (SSSR count). The molecule has 12 heteroatoms. The minimum atomic E-state index is -1.01. The topological polar surface area (TPSA) is 163 Å².